The van der Waals surface area contributed by atoms with E-state index in [0.717, 1.165) is 5.56 Å². The molecule has 0 saturated carbocycles. The fourth-order valence-corrected chi connectivity index (χ4v) is 7.13. The molecule has 2 aliphatic rings. The Morgan fingerprint density at radius 3 is 2.81 bits per heavy atom. The van der Waals surface area contributed by atoms with Gasteiger partial charge in [0.25, 0.3) is 0 Å². The monoisotopic (exact) mass is 412 g/mol. The van der Waals surface area contributed by atoms with Gasteiger partial charge in [0.1, 0.15) is 5.75 Å². The standard InChI is InChI=1S/C17H20N2O6S2/c1-25-12-4-2-3-11(7-12)8-19-13-9-27(23,24)10-14(13)26-17(19)18-15(20)5-6-16(21)22/h2-4,7,13-14H,5-6,8-10H2,1H3,(H,21,22)/t13-,14+/m1/s1. The number of thioether (sulfide) groups is 1. The average Bonchev–Trinajstić information content (AvgIpc) is 3.06. The second-order valence-corrected chi connectivity index (χ2v) is 9.82. The third-order valence-corrected chi connectivity index (χ3v) is 7.68. The highest BCUT2D eigenvalue weighted by molar-refractivity contribution is 8.15. The molecule has 0 bridgehead atoms. The first-order valence-electron chi connectivity index (χ1n) is 8.37. The number of ether oxygens (including phenoxy) is 1. The Morgan fingerprint density at radius 1 is 1.33 bits per heavy atom. The molecule has 1 N–H and O–H groups in total. The molecule has 27 heavy (non-hydrogen) atoms. The quantitative estimate of drug-likeness (QED) is 0.740. The van der Waals surface area contributed by atoms with Crippen molar-refractivity contribution in [2.24, 2.45) is 4.99 Å². The summed E-state index contributed by atoms with van der Waals surface area (Å²) in [5, 5.41) is 9.00. The van der Waals surface area contributed by atoms with Gasteiger partial charge in [-0.25, -0.2) is 8.42 Å². The summed E-state index contributed by atoms with van der Waals surface area (Å²) in [6, 6.07) is 7.15. The molecular weight excluding hydrogens is 392 g/mol. The van der Waals surface area contributed by atoms with Crippen LogP contribution in [0.15, 0.2) is 29.3 Å². The second-order valence-electron chi connectivity index (χ2n) is 6.46. The number of fused-ring (bicyclic) bond motifs is 1. The molecule has 1 aromatic carbocycles. The normalized spacial score (nSPS) is 24.8. The van der Waals surface area contributed by atoms with Crippen LogP contribution in [-0.2, 0) is 26.0 Å². The van der Waals surface area contributed by atoms with Crippen molar-refractivity contribution < 1.29 is 27.9 Å². The summed E-state index contributed by atoms with van der Waals surface area (Å²) in [5.41, 5.74) is 0.908. The van der Waals surface area contributed by atoms with E-state index in [2.05, 4.69) is 4.99 Å². The van der Waals surface area contributed by atoms with Gasteiger partial charge in [0.05, 0.1) is 31.1 Å². The third kappa shape index (κ3) is 4.81. The van der Waals surface area contributed by atoms with Crippen molar-refractivity contribution in [3.63, 3.8) is 0 Å². The number of nitrogens with zero attached hydrogens (tertiary/aromatic N) is 2. The summed E-state index contributed by atoms with van der Waals surface area (Å²) < 4.78 is 29.3. The van der Waals surface area contributed by atoms with Crippen LogP contribution in [0, 0.1) is 0 Å². The van der Waals surface area contributed by atoms with Crippen LogP contribution in [0.3, 0.4) is 0 Å². The van der Waals surface area contributed by atoms with Gasteiger partial charge in [-0.15, -0.1) is 0 Å². The molecule has 3 rings (SSSR count). The van der Waals surface area contributed by atoms with Gasteiger partial charge < -0.3 is 14.7 Å². The summed E-state index contributed by atoms with van der Waals surface area (Å²) in [5.74, 6) is -0.806. The molecule has 8 nitrogen and oxygen atoms in total. The molecule has 146 valence electrons. The number of carboxylic acids is 1. The summed E-state index contributed by atoms with van der Waals surface area (Å²) >= 11 is 1.28. The SMILES string of the molecule is COc1cccc(CN2C(=NC(=O)CCC(=O)O)S[C@H]3CS(=O)(=O)C[C@H]32)c1. The highest BCUT2D eigenvalue weighted by atomic mass is 32.2. The third-order valence-electron chi connectivity index (χ3n) is 4.44. The van der Waals surface area contributed by atoms with Gasteiger partial charge in [0.2, 0.25) is 5.91 Å². The topological polar surface area (TPSA) is 113 Å². The van der Waals surface area contributed by atoms with Crippen molar-refractivity contribution in [3.8, 4) is 5.75 Å². The summed E-state index contributed by atoms with van der Waals surface area (Å²) in [4.78, 5) is 28.6. The maximum Gasteiger partial charge on any atom is 0.303 e. The molecule has 2 saturated heterocycles. The van der Waals surface area contributed by atoms with Crippen LogP contribution in [0.4, 0.5) is 0 Å². The van der Waals surface area contributed by atoms with Crippen molar-refractivity contribution >= 4 is 38.6 Å². The highest BCUT2D eigenvalue weighted by Gasteiger charge is 2.48. The second kappa shape index (κ2) is 7.89. The lowest BCUT2D eigenvalue weighted by molar-refractivity contribution is -0.138. The van der Waals surface area contributed by atoms with Crippen LogP contribution in [0.1, 0.15) is 18.4 Å². The van der Waals surface area contributed by atoms with Gasteiger partial charge in [-0.1, -0.05) is 23.9 Å². The molecule has 2 fully saturated rings. The van der Waals surface area contributed by atoms with Crippen molar-refractivity contribution in [3.05, 3.63) is 29.8 Å². The van der Waals surface area contributed by atoms with Crippen LogP contribution in [0.5, 0.6) is 5.75 Å². The fourth-order valence-electron chi connectivity index (χ4n) is 3.16. The minimum absolute atomic E-state index is 0.0248. The number of carbonyl (C=O) groups excluding carboxylic acids is 1. The van der Waals surface area contributed by atoms with E-state index in [-0.39, 0.29) is 35.6 Å². The molecule has 2 atom stereocenters. The lowest BCUT2D eigenvalue weighted by Crippen LogP contribution is -2.37. The first kappa shape index (κ1) is 19.7. The predicted octanol–water partition coefficient (Wildman–Crippen LogP) is 1.16. The van der Waals surface area contributed by atoms with E-state index in [1.54, 1.807) is 7.11 Å². The molecule has 0 aliphatic carbocycles. The van der Waals surface area contributed by atoms with Gasteiger partial charge in [-0.05, 0) is 17.7 Å². The summed E-state index contributed by atoms with van der Waals surface area (Å²) in [6.45, 7) is 0.395. The number of hydrogen-bond donors (Lipinski definition) is 1. The highest BCUT2D eigenvalue weighted by Crippen LogP contribution is 2.39. The van der Waals surface area contributed by atoms with E-state index in [9.17, 15) is 18.0 Å². The summed E-state index contributed by atoms with van der Waals surface area (Å²) in [7, 11) is -1.55. The zero-order valence-electron chi connectivity index (χ0n) is 14.7. The minimum Gasteiger partial charge on any atom is -0.497 e. The number of carbonyl (C=O) groups is 2. The number of aliphatic imine (C=N–C) groups is 1. The maximum absolute atomic E-state index is 12.0. The van der Waals surface area contributed by atoms with Crippen molar-refractivity contribution in [1.29, 1.82) is 0 Å². The molecule has 0 unspecified atom stereocenters. The Bertz CT molecular complexity index is 883. The van der Waals surface area contributed by atoms with Gasteiger partial charge in [-0.2, -0.15) is 4.99 Å². The number of aliphatic carboxylic acids is 1. The Balaban J connectivity index is 1.83. The number of amides is 1. The van der Waals surface area contributed by atoms with Crippen molar-refractivity contribution in [2.45, 2.75) is 30.7 Å². The van der Waals surface area contributed by atoms with Crippen molar-refractivity contribution in [2.75, 3.05) is 18.6 Å². The van der Waals surface area contributed by atoms with Crippen molar-refractivity contribution in [1.82, 2.24) is 4.90 Å². The molecule has 1 amide bonds. The molecule has 0 radical (unpaired) electrons. The summed E-state index contributed by atoms with van der Waals surface area (Å²) in [6.07, 6.45) is -0.461. The smallest absolute Gasteiger partial charge is 0.303 e. The Kier molecular flexibility index (Phi) is 5.75. The van der Waals surface area contributed by atoms with Gasteiger partial charge in [0.15, 0.2) is 15.0 Å². The van der Waals surface area contributed by atoms with Crippen LogP contribution in [-0.4, -0.2) is 65.4 Å². The number of carboxylic acid groups (broad SMARTS) is 1. The Labute approximate surface area is 161 Å². The molecular formula is C17H20N2O6S2. The van der Waals surface area contributed by atoms with E-state index < -0.39 is 21.7 Å². The van der Waals surface area contributed by atoms with E-state index >= 15 is 0 Å². The van der Waals surface area contributed by atoms with Crippen LogP contribution in [0.2, 0.25) is 0 Å². The first-order valence-corrected chi connectivity index (χ1v) is 11.1. The van der Waals surface area contributed by atoms with Crippen LogP contribution >= 0.6 is 11.8 Å². The predicted molar refractivity (Wildman–Crippen MR) is 102 cm³/mol. The number of sulfone groups is 1. The first-order chi connectivity index (χ1) is 12.8. The fraction of sp³-hybridized carbons (Fsp3) is 0.471. The number of benzene rings is 1. The van der Waals surface area contributed by atoms with E-state index in [1.807, 2.05) is 29.2 Å². The largest absolute Gasteiger partial charge is 0.497 e. The zero-order valence-corrected chi connectivity index (χ0v) is 16.3. The molecule has 10 heteroatoms. The van der Waals surface area contributed by atoms with E-state index in [4.69, 9.17) is 9.84 Å². The molecule has 0 spiro atoms. The lowest BCUT2D eigenvalue weighted by Gasteiger charge is -2.24. The van der Waals surface area contributed by atoms with E-state index in [0.29, 0.717) is 17.5 Å². The maximum atomic E-state index is 12.0. The minimum atomic E-state index is -3.12. The number of methoxy groups -OCH3 is 1. The Morgan fingerprint density at radius 2 is 2.11 bits per heavy atom. The molecule has 1 aromatic rings. The van der Waals surface area contributed by atoms with Crippen LogP contribution < -0.4 is 4.74 Å². The number of rotatable bonds is 6. The lowest BCUT2D eigenvalue weighted by atomic mass is 10.1. The Hall–Kier alpha value is -2.07. The van der Waals surface area contributed by atoms with Gasteiger partial charge >= 0.3 is 5.97 Å². The zero-order chi connectivity index (χ0) is 19.6. The molecule has 2 aliphatic heterocycles. The average molecular weight is 412 g/mol. The molecule has 0 aromatic heterocycles. The number of hydrogen-bond acceptors (Lipinski definition) is 6. The number of amidine groups is 1. The van der Waals surface area contributed by atoms with E-state index in [1.165, 1.54) is 11.8 Å². The van der Waals surface area contributed by atoms with Gasteiger partial charge in [0, 0.05) is 18.2 Å². The van der Waals surface area contributed by atoms with Gasteiger partial charge in [-0.3, -0.25) is 9.59 Å². The molecule has 2 heterocycles. The van der Waals surface area contributed by atoms with Crippen LogP contribution in [0.25, 0.3) is 0 Å².